The molecular weight excluding hydrogens is 331 g/mol. The van der Waals surface area contributed by atoms with Crippen LogP contribution in [0.5, 0.6) is 5.75 Å². The number of rotatable bonds is 3. The predicted octanol–water partition coefficient (Wildman–Crippen LogP) is 3.74. The van der Waals surface area contributed by atoms with Crippen molar-refractivity contribution in [3.05, 3.63) is 44.8 Å². The van der Waals surface area contributed by atoms with E-state index in [0.717, 1.165) is 6.42 Å². The van der Waals surface area contributed by atoms with Gasteiger partial charge in [-0.3, -0.25) is 9.78 Å². The minimum atomic E-state index is -0.0516. The number of hydrogen-bond donors (Lipinski definition) is 0. The fourth-order valence-corrected chi connectivity index (χ4v) is 3.41. The Labute approximate surface area is 136 Å². The van der Waals surface area contributed by atoms with Gasteiger partial charge in [0.25, 0.3) is 5.91 Å². The lowest BCUT2D eigenvalue weighted by Gasteiger charge is -2.17. The summed E-state index contributed by atoms with van der Waals surface area (Å²) >= 11 is 13.2. The molecule has 0 saturated carbocycles. The fraction of sp³-hybridized carbons (Fsp3) is 0.286. The second kappa shape index (κ2) is 6.22. The highest BCUT2D eigenvalue weighted by molar-refractivity contribution is 7.17. The highest BCUT2D eigenvalue weighted by atomic mass is 35.5. The van der Waals surface area contributed by atoms with Crippen LogP contribution in [0.3, 0.4) is 0 Å². The zero-order valence-corrected chi connectivity index (χ0v) is 13.3. The van der Waals surface area contributed by atoms with Crippen LogP contribution in [0.1, 0.15) is 16.1 Å². The number of carbonyl (C=O) groups is 1. The van der Waals surface area contributed by atoms with E-state index in [1.807, 2.05) is 0 Å². The van der Waals surface area contributed by atoms with Gasteiger partial charge in [-0.15, -0.1) is 11.3 Å². The minimum Gasteiger partial charge on any atom is -0.487 e. The average Bonchev–Trinajstić information content (AvgIpc) is 3.10. The van der Waals surface area contributed by atoms with E-state index in [2.05, 4.69) is 4.98 Å². The van der Waals surface area contributed by atoms with Crippen molar-refractivity contribution in [2.75, 3.05) is 13.1 Å². The van der Waals surface area contributed by atoms with Crippen LogP contribution in [0.25, 0.3) is 0 Å². The van der Waals surface area contributed by atoms with Gasteiger partial charge < -0.3 is 9.64 Å². The number of aromatic nitrogens is 1. The van der Waals surface area contributed by atoms with Gasteiger partial charge in [0.05, 0.1) is 15.8 Å². The summed E-state index contributed by atoms with van der Waals surface area (Å²) in [6, 6.07) is 5.22. The second-order valence-electron chi connectivity index (χ2n) is 4.69. The van der Waals surface area contributed by atoms with E-state index in [0.29, 0.717) is 33.1 Å². The predicted molar refractivity (Wildman–Crippen MR) is 83.5 cm³/mol. The average molecular weight is 343 g/mol. The van der Waals surface area contributed by atoms with Crippen LogP contribution in [0.15, 0.2) is 30.6 Å². The lowest BCUT2D eigenvalue weighted by Crippen LogP contribution is -2.30. The quantitative estimate of drug-likeness (QED) is 0.853. The van der Waals surface area contributed by atoms with Gasteiger partial charge in [-0.2, -0.15) is 0 Å². The molecule has 4 nitrogen and oxygen atoms in total. The molecule has 1 fully saturated rings. The molecule has 0 spiro atoms. The summed E-state index contributed by atoms with van der Waals surface area (Å²) in [7, 11) is 0. The van der Waals surface area contributed by atoms with Crippen molar-refractivity contribution >= 4 is 40.4 Å². The highest BCUT2D eigenvalue weighted by Gasteiger charge is 2.29. The molecule has 1 aliphatic rings. The topological polar surface area (TPSA) is 42.4 Å². The first-order valence-electron chi connectivity index (χ1n) is 6.44. The van der Waals surface area contributed by atoms with Crippen molar-refractivity contribution in [3.63, 3.8) is 0 Å². The first-order chi connectivity index (χ1) is 10.1. The third kappa shape index (κ3) is 3.31. The minimum absolute atomic E-state index is 0.00109. The molecule has 1 aliphatic heterocycles. The smallest absolute Gasteiger partial charge is 0.264 e. The number of hydrogen-bond acceptors (Lipinski definition) is 4. The van der Waals surface area contributed by atoms with E-state index in [1.165, 1.54) is 11.3 Å². The van der Waals surface area contributed by atoms with E-state index in [9.17, 15) is 4.79 Å². The van der Waals surface area contributed by atoms with Crippen LogP contribution in [-0.4, -0.2) is 35.0 Å². The zero-order chi connectivity index (χ0) is 14.8. The highest BCUT2D eigenvalue weighted by Crippen LogP contribution is 2.27. The maximum Gasteiger partial charge on any atom is 0.264 e. The van der Waals surface area contributed by atoms with Crippen molar-refractivity contribution in [1.82, 2.24) is 9.88 Å². The molecule has 3 heterocycles. The number of nitrogens with zero attached hydrogens (tertiary/aromatic N) is 2. The number of amides is 1. The normalized spacial score (nSPS) is 18.0. The Morgan fingerprint density at radius 3 is 2.95 bits per heavy atom. The van der Waals surface area contributed by atoms with Gasteiger partial charge in [-0.1, -0.05) is 23.2 Å². The maximum atomic E-state index is 12.3. The molecular formula is C14H12Cl2N2O2S. The Morgan fingerprint density at radius 2 is 2.24 bits per heavy atom. The molecule has 2 aromatic heterocycles. The summed E-state index contributed by atoms with van der Waals surface area (Å²) in [5, 5.41) is 0.479. The molecule has 21 heavy (non-hydrogen) atoms. The van der Waals surface area contributed by atoms with E-state index >= 15 is 0 Å². The molecule has 3 rings (SSSR count). The molecule has 1 amide bonds. The van der Waals surface area contributed by atoms with Crippen LogP contribution < -0.4 is 4.74 Å². The SMILES string of the molecule is O=C(c1ccc(Cl)s1)N1CCC(Oc2ccncc2Cl)C1. The molecule has 0 bridgehead atoms. The van der Waals surface area contributed by atoms with E-state index in [1.54, 1.807) is 35.5 Å². The van der Waals surface area contributed by atoms with Gasteiger partial charge in [0.15, 0.2) is 0 Å². The summed E-state index contributed by atoms with van der Waals surface area (Å²) in [5.41, 5.74) is 0. The van der Waals surface area contributed by atoms with Crippen molar-refractivity contribution in [2.24, 2.45) is 0 Å². The van der Waals surface area contributed by atoms with Crippen LogP contribution in [0, 0.1) is 0 Å². The number of carbonyl (C=O) groups excluding carboxylic acids is 1. The van der Waals surface area contributed by atoms with Crippen molar-refractivity contribution in [2.45, 2.75) is 12.5 Å². The van der Waals surface area contributed by atoms with Crippen molar-refractivity contribution in [3.8, 4) is 5.75 Å². The lowest BCUT2D eigenvalue weighted by atomic mass is 10.3. The number of halogens is 2. The molecule has 0 aromatic carbocycles. The first-order valence-corrected chi connectivity index (χ1v) is 8.01. The summed E-state index contributed by atoms with van der Waals surface area (Å²) in [6.45, 7) is 1.22. The zero-order valence-electron chi connectivity index (χ0n) is 11.0. The summed E-state index contributed by atoms with van der Waals surface area (Å²) in [5.74, 6) is 0.601. The van der Waals surface area contributed by atoms with Gasteiger partial charge >= 0.3 is 0 Å². The maximum absolute atomic E-state index is 12.3. The second-order valence-corrected chi connectivity index (χ2v) is 6.81. The number of likely N-dealkylation sites (tertiary alicyclic amines) is 1. The Bertz CT molecular complexity index is 662. The van der Waals surface area contributed by atoms with E-state index in [-0.39, 0.29) is 12.0 Å². The van der Waals surface area contributed by atoms with Gasteiger partial charge in [-0.25, -0.2) is 0 Å². The molecule has 1 saturated heterocycles. The van der Waals surface area contributed by atoms with E-state index < -0.39 is 0 Å². The van der Waals surface area contributed by atoms with Gasteiger partial charge in [0.1, 0.15) is 16.9 Å². The molecule has 7 heteroatoms. The monoisotopic (exact) mass is 342 g/mol. The molecule has 1 unspecified atom stereocenters. The van der Waals surface area contributed by atoms with Gasteiger partial charge in [0.2, 0.25) is 0 Å². The molecule has 1 atom stereocenters. The van der Waals surface area contributed by atoms with Gasteiger partial charge in [0, 0.05) is 31.4 Å². The summed E-state index contributed by atoms with van der Waals surface area (Å²) in [4.78, 5) is 18.7. The Kier molecular flexibility index (Phi) is 4.33. The van der Waals surface area contributed by atoms with Crippen LogP contribution in [0.4, 0.5) is 0 Å². The fourth-order valence-electron chi connectivity index (χ4n) is 2.23. The summed E-state index contributed by atoms with van der Waals surface area (Å²) in [6.07, 6.45) is 3.91. The molecule has 0 aliphatic carbocycles. The molecule has 110 valence electrons. The third-order valence-corrected chi connectivity index (χ3v) is 4.75. The Morgan fingerprint density at radius 1 is 1.38 bits per heavy atom. The van der Waals surface area contributed by atoms with Gasteiger partial charge in [-0.05, 0) is 12.1 Å². The lowest BCUT2D eigenvalue weighted by molar-refractivity contribution is 0.0777. The molecule has 0 radical (unpaired) electrons. The van der Waals surface area contributed by atoms with Crippen LogP contribution >= 0.6 is 34.5 Å². The Hall–Kier alpha value is -1.30. The standard InChI is InChI=1S/C14H12Cl2N2O2S/c15-10-7-17-5-3-11(10)20-9-4-6-18(8-9)14(19)12-1-2-13(16)21-12/h1-3,5,7,9H,4,6,8H2. The van der Waals surface area contributed by atoms with E-state index in [4.69, 9.17) is 27.9 Å². The van der Waals surface area contributed by atoms with Crippen LogP contribution in [-0.2, 0) is 0 Å². The van der Waals surface area contributed by atoms with Crippen molar-refractivity contribution < 1.29 is 9.53 Å². The molecule has 0 N–H and O–H groups in total. The van der Waals surface area contributed by atoms with Crippen LogP contribution in [0.2, 0.25) is 9.36 Å². The molecule has 2 aromatic rings. The third-order valence-electron chi connectivity index (χ3n) is 3.25. The summed E-state index contributed by atoms with van der Waals surface area (Å²) < 4.78 is 6.46. The Balaban J connectivity index is 1.63. The number of thiophene rings is 1. The number of pyridine rings is 1. The largest absolute Gasteiger partial charge is 0.487 e. The van der Waals surface area contributed by atoms with Crippen molar-refractivity contribution in [1.29, 1.82) is 0 Å². The first kappa shape index (κ1) is 14.6. The number of ether oxygens (including phenoxy) is 1.